The Morgan fingerprint density at radius 1 is 1.56 bits per heavy atom. The first-order valence-electron chi connectivity index (χ1n) is 5.90. The first-order chi connectivity index (χ1) is 7.70. The Labute approximate surface area is 95.7 Å². The Kier molecular flexibility index (Phi) is 3.27. The zero-order chi connectivity index (χ0) is 11.5. The van der Waals surface area contributed by atoms with Crippen molar-refractivity contribution in [2.24, 2.45) is 0 Å². The number of amides is 2. The fourth-order valence-corrected chi connectivity index (χ4v) is 2.10. The van der Waals surface area contributed by atoms with E-state index in [9.17, 15) is 9.59 Å². The maximum Gasteiger partial charge on any atom is 0.225 e. The minimum atomic E-state index is 0.0189. The standard InChI is InChI=1S/C12H18N2O2/c1-2-3-4-11(15)13-9-7-12(16)14(8-9)10-5-6-10/h2,9-10H,1,3-8H2,(H,13,15). The molecule has 2 amide bonds. The molecule has 0 aromatic rings. The van der Waals surface area contributed by atoms with E-state index in [-0.39, 0.29) is 17.9 Å². The summed E-state index contributed by atoms with van der Waals surface area (Å²) >= 11 is 0. The van der Waals surface area contributed by atoms with Crippen LogP contribution < -0.4 is 5.32 Å². The van der Waals surface area contributed by atoms with Crippen LogP contribution in [-0.4, -0.2) is 35.3 Å². The average Bonchev–Trinajstić information content (AvgIpc) is 3.01. The molecule has 1 aliphatic carbocycles. The molecule has 4 heteroatoms. The molecule has 1 N–H and O–H groups in total. The smallest absolute Gasteiger partial charge is 0.225 e. The van der Waals surface area contributed by atoms with Crippen molar-refractivity contribution in [1.82, 2.24) is 10.2 Å². The van der Waals surface area contributed by atoms with Crippen LogP contribution in [-0.2, 0) is 9.59 Å². The van der Waals surface area contributed by atoms with E-state index in [1.807, 2.05) is 4.90 Å². The summed E-state index contributed by atoms with van der Waals surface area (Å²) in [4.78, 5) is 25.0. The van der Waals surface area contributed by atoms with E-state index >= 15 is 0 Å². The lowest BCUT2D eigenvalue weighted by Crippen LogP contribution is -2.37. The number of allylic oxidation sites excluding steroid dienone is 1. The number of rotatable bonds is 5. The van der Waals surface area contributed by atoms with Crippen molar-refractivity contribution in [3.63, 3.8) is 0 Å². The molecule has 0 aromatic heterocycles. The van der Waals surface area contributed by atoms with Crippen molar-refractivity contribution < 1.29 is 9.59 Å². The molecule has 1 aliphatic heterocycles. The molecule has 1 saturated heterocycles. The molecule has 1 atom stereocenters. The second-order valence-electron chi connectivity index (χ2n) is 4.57. The number of hydrogen-bond donors (Lipinski definition) is 1. The molecule has 0 radical (unpaired) electrons. The zero-order valence-electron chi connectivity index (χ0n) is 9.45. The number of likely N-dealkylation sites (tertiary alicyclic amines) is 1. The predicted molar refractivity (Wildman–Crippen MR) is 60.7 cm³/mol. The molecule has 2 fully saturated rings. The van der Waals surface area contributed by atoms with Gasteiger partial charge >= 0.3 is 0 Å². The highest BCUT2D eigenvalue weighted by molar-refractivity contribution is 5.82. The van der Waals surface area contributed by atoms with E-state index in [0.29, 0.717) is 31.8 Å². The SMILES string of the molecule is C=CCCC(=O)NC1CC(=O)N(C2CC2)C1. The van der Waals surface area contributed by atoms with Gasteiger partial charge in [-0.3, -0.25) is 9.59 Å². The normalized spacial score (nSPS) is 24.6. The third-order valence-electron chi connectivity index (χ3n) is 3.09. The monoisotopic (exact) mass is 222 g/mol. The van der Waals surface area contributed by atoms with Crippen LogP contribution in [0.2, 0.25) is 0 Å². The molecule has 0 spiro atoms. The molecule has 2 aliphatic rings. The van der Waals surface area contributed by atoms with Crippen LogP contribution in [0.15, 0.2) is 12.7 Å². The largest absolute Gasteiger partial charge is 0.351 e. The molecular formula is C12H18N2O2. The van der Waals surface area contributed by atoms with Crippen LogP contribution in [0.1, 0.15) is 32.1 Å². The first kappa shape index (κ1) is 11.2. The van der Waals surface area contributed by atoms with Gasteiger partial charge in [0.15, 0.2) is 0 Å². The van der Waals surface area contributed by atoms with E-state index in [0.717, 1.165) is 12.8 Å². The van der Waals surface area contributed by atoms with Crippen LogP contribution in [0.3, 0.4) is 0 Å². The first-order valence-corrected chi connectivity index (χ1v) is 5.90. The van der Waals surface area contributed by atoms with Gasteiger partial charge in [-0.2, -0.15) is 0 Å². The van der Waals surface area contributed by atoms with Gasteiger partial charge in [-0.15, -0.1) is 6.58 Å². The maximum atomic E-state index is 11.6. The van der Waals surface area contributed by atoms with Crippen molar-refractivity contribution in [2.45, 2.75) is 44.2 Å². The van der Waals surface area contributed by atoms with Crippen molar-refractivity contribution in [3.05, 3.63) is 12.7 Å². The fourth-order valence-electron chi connectivity index (χ4n) is 2.10. The molecule has 88 valence electrons. The van der Waals surface area contributed by atoms with Gasteiger partial charge in [-0.1, -0.05) is 6.08 Å². The summed E-state index contributed by atoms with van der Waals surface area (Å²) in [5, 5.41) is 2.91. The number of carbonyl (C=O) groups is 2. The van der Waals surface area contributed by atoms with Gasteiger partial charge in [0, 0.05) is 25.4 Å². The number of nitrogens with one attached hydrogen (secondary N) is 1. The summed E-state index contributed by atoms with van der Waals surface area (Å²) in [7, 11) is 0. The Hall–Kier alpha value is -1.32. The van der Waals surface area contributed by atoms with Gasteiger partial charge in [-0.05, 0) is 19.3 Å². The van der Waals surface area contributed by atoms with Gasteiger partial charge in [0.2, 0.25) is 11.8 Å². The zero-order valence-corrected chi connectivity index (χ0v) is 9.45. The van der Waals surface area contributed by atoms with Gasteiger partial charge in [0.05, 0.1) is 6.04 Å². The third kappa shape index (κ3) is 2.62. The summed E-state index contributed by atoms with van der Waals surface area (Å²) in [6.07, 6.45) is 5.62. The summed E-state index contributed by atoms with van der Waals surface area (Å²) < 4.78 is 0. The molecule has 2 rings (SSSR count). The second-order valence-corrected chi connectivity index (χ2v) is 4.57. The third-order valence-corrected chi connectivity index (χ3v) is 3.09. The second kappa shape index (κ2) is 4.68. The quantitative estimate of drug-likeness (QED) is 0.700. The number of hydrogen-bond acceptors (Lipinski definition) is 2. The summed E-state index contributed by atoms with van der Waals surface area (Å²) in [5.41, 5.74) is 0. The minimum absolute atomic E-state index is 0.0189. The van der Waals surface area contributed by atoms with Crippen LogP contribution >= 0.6 is 0 Å². The highest BCUT2D eigenvalue weighted by Crippen LogP contribution is 2.30. The highest BCUT2D eigenvalue weighted by Gasteiger charge is 2.39. The van der Waals surface area contributed by atoms with E-state index in [4.69, 9.17) is 0 Å². The molecular weight excluding hydrogens is 204 g/mol. The lowest BCUT2D eigenvalue weighted by molar-refractivity contribution is -0.128. The Balaban J connectivity index is 1.76. The molecule has 4 nitrogen and oxygen atoms in total. The van der Waals surface area contributed by atoms with E-state index < -0.39 is 0 Å². The average molecular weight is 222 g/mol. The lowest BCUT2D eigenvalue weighted by atomic mass is 10.2. The molecule has 0 bridgehead atoms. The molecule has 1 heterocycles. The van der Waals surface area contributed by atoms with Gasteiger partial charge < -0.3 is 10.2 Å². The van der Waals surface area contributed by atoms with Crippen molar-refractivity contribution >= 4 is 11.8 Å². The summed E-state index contributed by atoms with van der Waals surface area (Å²) in [6, 6.07) is 0.480. The molecule has 1 unspecified atom stereocenters. The fraction of sp³-hybridized carbons (Fsp3) is 0.667. The summed E-state index contributed by atoms with van der Waals surface area (Å²) in [5.74, 6) is 0.215. The van der Waals surface area contributed by atoms with Crippen molar-refractivity contribution in [2.75, 3.05) is 6.54 Å². The Morgan fingerprint density at radius 2 is 2.31 bits per heavy atom. The molecule has 16 heavy (non-hydrogen) atoms. The highest BCUT2D eigenvalue weighted by atomic mass is 16.2. The Morgan fingerprint density at radius 3 is 2.94 bits per heavy atom. The van der Waals surface area contributed by atoms with Gasteiger partial charge in [-0.25, -0.2) is 0 Å². The molecule has 1 saturated carbocycles. The maximum absolute atomic E-state index is 11.6. The van der Waals surface area contributed by atoms with Gasteiger partial charge in [0.1, 0.15) is 0 Å². The van der Waals surface area contributed by atoms with E-state index in [1.165, 1.54) is 0 Å². The van der Waals surface area contributed by atoms with E-state index in [2.05, 4.69) is 11.9 Å². The topological polar surface area (TPSA) is 49.4 Å². The van der Waals surface area contributed by atoms with E-state index in [1.54, 1.807) is 6.08 Å². The number of nitrogens with zero attached hydrogens (tertiary/aromatic N) is 1. The lowest BCUT2D eigenvalue weighted by Gasteiger charge is -2.15. The minimum Gasteiger partial charge on any atom is -0.351 e. The van der Waals surface area contributed by atoms with Gasteiger partial charge in [0.25, 0.3) is 0 Å². The Bertz CT molecular complexity index is 310. The van der Waals surface area contributed by atoms with Crippen molar-refractivity contribution in [1.29, 1.82) is 0 Å². The van der Waals surface area contributed by atoms with Crippen LogP contribution in [0, 0.1) is 0 Å². The molecule has 0 aromatic carbocycles. The predicted octanol–water partition coefficient (Wildman–Crippen LogP) is 0.832. The van der Waals surface area contributed by atoms with Crippen LogP contribution in [0.25, 0.3) is 0 Å². The van der Waals surface area contributed by atoms with Crippen molar-refractivity contribution in [3.8, 4) is 0 Å². The number of carbonyl (C=O) groups excluding carboxylic acids is 2. The van der Waals surface area contributed by atoms with Crippen LogP contribution in [0.4, 0.5) is 0 Å². The van der Waals surface area contributed by atoms with Crippen LogP contribution in [0.5, 0.6) is 0 Å². The summed E-state index contributed by atoms with van der Waals surface area (Å²) in [6.45, 7) is 4.28.